The van der Waals surface area contributed by atoms with Gasteiger partial charge >= 0.3 is 0 Å². The molecule has 8 nitrogen and oxygen atoms in total. The van der Waals surface area contributed by atoms with Crippen molar-refractivity contribution in [1.29, 1.82) is 0 Å². The van der Waals surface area contributed by atoms with Gasteiger partial charge in [-0.3, -0.25) is 4.98 Å². The highest BCUT2D eigenvalue weighted by molar-refractivity contribution is 5.85. The van der Waals surface area contributed by atoms with Crippen LogP contribution in [0.5, 0.6) is 5.75 Å². The molecular weight excluding hydrogens is 416 g/mol. The van der Waals surface area contributed by atoms with Crippen molar-refractivity contribution in [2.45, 2.75) is 56.6 Å². The Morgan fingerprint density at radius 3 is 2.55 bits per heavy atom. The molecule has 3 aliphatic rings. The van der Waals surface area contributed by atoms with Crippen LogP contribution < -0.4 is 15.0 Å². The Bertz CT molecular complexity index is 1110. The number of benzene rings is 1. The summed E-state index contributed by atoms with van der Waals surface area (Å²) in [6.45, 7) is 3.26. The van der Waals surface area contributed by atoms with E-state index in [1.807, 2.05) is 12.3 Å². The number of rotatable bonds is 6. The molecule has 0 spiro atoms. The van der Waals surface area contributed by atoms with Gasteiger partial charge in [0.2, 0.25) is 5.95 Å². The summed E-state index contributed by atoms with van der Waals surface area (Å²) in [7, 11) is 0. The Morgan fingerprint density at radius 1 is 0.909 bits per heavy atom. The molecule has 33 heavy (non-hydrogen) atoms. The van der Waals surface area contributed by atoms with Gasteiger partial charge in [-0.1, -0.05) is 0 Å². The lowest BCUT2D eigenvalue weighted by atomic mass is 9.93. The molecule has 6 rings (SSSR count). The van der Waals surface area contributed by atoms with Crippen molar-refractivity contribution in [2.24, 2.45) is 0 Å². The molecule has 1 aromatic carbocycles. The lowest BCUT2D eigenvalue weighted by Gasteiger charge is -2.31. The SMILES string of the molecule is c1cc(C2CC2)nc(NC2CCC(Oc3cc(N4CCOCC4)cc4nccnc34)CC2)n1. The molecular formula is C25H30N6O2. The summed E-state index contributed by atoms with van der Waals surface area (Å²) in [6.07, 6.45) is 12.1. The maximum absolute atomic E-state index is 6.54. The van der Waals surface area contributed by atoms with Crippen LogP contribution in [0, 0.1) is 0 Å². The molecule has 0 unspecified atom stereocenters. The first-order chi connectivity index (χ1) is 16.3. The largest absolute Gasteiger partial charge is 0.488 e. The number of hydrogen-bond donors (Lipinski definition) is 1. The number of anilines is 2. The van der Waals surface area contributed by atoms with Crippen molar-refractivity contribution < 1.29 is 9.47 Å². The summed E-state index contributed by atoms with van der Waals surface area (Å²) in [5.74, 6) is 2.24. The van der Waals surface area contributed by atoms with E-state index in [0.29, 0.717) is 12.0 Å². The first-order valence-electron chi connectivity index (χ1n) is 12.2. The molecule has 8 heteroatoms. The fourth-order valence-electron chi connectivity index (χ4n) is 4.86. The molecule has 3 aromatic rings. The standard InChI is InChI=1S/C25H30N6O2/c1-2-17(1)21-7-8-28-25(30-21)29-18-3-5-20(6-4-18)33-23-16-19(31-11-13-32-14-12-31)15-22-24(23)27-10-9-26-22/h7-10,15-18,20H,1-6,11-14H2,(H,28,29,30). The zero-order chi connectivity index (χ0) is 22.0. The predicted octanol–water partition coefficient (Wildman–Crippen LogP) is 3.94. The van der Waals surface area contributed by atoms with Gasteiger partial charge in [0.25, 0.3) is 0 Å². The third kappa shape index (κ3) is 4.71. The van der Waals surface area contributed by atoms with E-state index in [4.69, 9.17) is 14.5 Å². The average molecular weight is 447 g/mol. The first-order valence-corrected chi connectivity index (χ1v) is 12.2. The molecule has 1 aliphatic heterocycles. The molecule has 2 saturated carbocycles. The van der Waals surface area contributed by atoms with E-state index in [-0.39, 0.29) is 6.10 Å². The molecule has 0 bridgehead atoms. The van der Waals surface area contributed by atoms with Crippen LogP contribution in [-0.4, -0.2) is 58.4 Å². The van der Waals surface area contributed by atoms with Gasteiger partial charge in [-0.25, -0.2) is 15.0 Å². The minimum Gasteiger partial charge on any atom is -0.488 e. The molecule has 3 fully saturated rings. The Balaban J connectivity index is 1.12. The van der Waals surface area contributed by atoms with Gasteiger partial charge in [0.1, 0.15) is 11.3 Å². The van der Waals surface area contributed by atoms with Gasteiger partial charge in [0, 0.05) is 61.1 Å². The minimum absolute atomic E-state index is 0.173. The number of nitrogens with one attached hydrogen (secondary N) is 1. The van der Waals surface area contributed by atoms with Gasteiger partial charge in [0.15, 0.2) is 0 Å². The highest BCUT2D eigenvalue weighted by atomic mass is 16.5. The van der Waals surface area contributed by atoms with Gasteiger partial charge in [0.05, 0.1) is 24.8 Å². The van der Waals surface area contributed by atoms with Crippen molar-refractivity contribution >= 4 is 22.7 Å². The zero-order valence-corrected chi connectivity index (χ0v) is 18.8. The molecule has 3 heterocycles. The number of ether oxygens (including phenoxy) is 2. The molecule has 2 aromatic heterocycles. The lowest BCUT2D eigenvalue weighted by Crippen LogP contribution is -2.36. The van der Waals surface area contributed by atoms with E-state index in [2.05, 4.69) is 37.3 Å². The van der Waals surface area contributed by atoms with Crippen LogP contribution >= 0.6 is 0 Å². The number of nitrogens with zero attached hydrogens (tertiary/aromatic N) is 5. The highest BCUT2D eigenvalue weighted by Crippen LogP contribution is 2.39. The van der Waals surface area contributed by atoms with Gasteiger partial charge in [-0.15, -0.1) is 0 Å². The molecule has 1 saturated heterocycles. The van der Waals surface area contributed by atoms with Crippen molar-refractivity contribution in [2.75, 3.05) is 36.5 Å². The fraction of sp³-hybridized carbons (Fsp3) is 0.520. The summed E-state index contributed by atoms with van der Waals surface area (Å²) in [4.78, 5) is 20.6. The van der Waals surface area contributed by atoms with Gasteiger partial charge in [-0.2, -0.15) is 0 Å². The molecule has 0 atom stereocenters. The second-order valence-corrected chi connectivity index (χ2v) is 9.28. The third-order valence-corrected chi connectivity index (χ3v) is 6.87. The van der Waals surface area contributed by atoms with E-state index in [9.17, 15) is 0 Å². The average Bonchev–Trinajstić information content (AvgIpc) is 3.72. The maximum atomic E-state index is 6.54. The van der Waals surface area contributed by atoms with Crippen molar-refractivity contribution in [3.05, 3.63) is 42.5 Å². The topological polar surface area (TPSA) is 85.3 Å². The van der Waals surface area contributed by atoms with E-state index in [0.717, 1.165) is 80.4 Å². The minimum atomic E-state index is 0.173. The van der Waals surface area contributed by atoms with E-state index < -0.39 is 0 Å². The molecule has 0 radical (unpaired) electrons. The second kappa shape index (κ2) is 9.09. The third-order valence-electron chi connectivity index (χ3n) is 6.87. The number of aromatic nitrogens is 4. The van der Waals surface area contributed by atoms with E-state index >= 15 is 0 Å². The molecule has 1 N–H and O–H groups in total. The molecule has 172 valence electrons. The Hall–Kier alpha value is -3.00. The quantitative estimate of drug-likeness (QED) is 0.610. The Morgan fingerprint density at radius 2 is 1.73 bits per heavy atom. The maximum Gasteiger partial charge on any atom is 0.223 e. The van der Waals surface area contributed by atoms with Gasteiger partial charge < -0.3 is 19.7 Å². The van der Waals surface area contributed by atoms with Crippen LogP contribution in [0.4, 0.5) is 11.6 Å². The first kappa shape index (κ1) is 20.6. The monoisotopic (exact) mass is 446 g/mol. The highest BCUT2D eigenvalue weighted by Gasteiger charge is 2.27. The van der Waals surface area contributed by atoms with E-state index in [1.165, 1.54) is 18.5 Å². The Labute approximate surface area is 193 Å². The summed E-state index contributed by atoms with van der Waals surface area (Å²) in [6, 6.07) is 6.67. The number of hydrogen-bond acceptors (Lipinski definition) is 8. The van der Waals surface area contributed by atoms with Crippen molar-refractivity contribution in [3.8, 4) is 5.75 Å². The van der Waals surface area contributed by atoms with Gasteiger partial charge in [-0.05, 0) is 50.7 Å². The second-order valence-electron chi connectivity index (χ2n) is 9.28. The molecule has 2 aliphatic carbocycles. The van der Waals surface area contributed by atoms with Crippen LogP contribution in [0.3, 0.4) is 0 Å². The molecule has 0 amide bonds. The van der Waals surface area contributed by atoms with Crippen LogP contribution in [0.15, 0.2) is 36.8 Å². The van der Waals surface area contributed by atoms with Crippen molar-refractivity contribution in [3.63, 3.8) is 0 Å². The lowest BCUT2D eigenvalue weighted by molar-refractivity contribution is 0.122. The Kier molecular flexibility index (Phi) is 5.68. The normalized spacial score (nSPS) is 23.5. The van der Waals surface area contributed by atoms with Crippen LogP contribution in [0.1, 0.15) is 50.1 Å². The van der Waals surface area contributed by atoms with Crippen LogP contribution in [0.25, 0.3) is 11.0 Å². The van der Waals surface area contributed by atoms with Crippen molar-refractivity contribution in [1.82, 2.24) is 19.9 Å². The summed E-state index contributed by atoms with van der Waals surface area (Å²) < 4.78 is 12.1. The summed E-state index contributed by atoms with van der Waals surface area (Å²) >= 11 is 0. The summed E-state index contributed by atoms with van der Waals surface area (Å²) in [5.41, 5.74) is 4.02. The number of morpholine rings is 1. The van der Waals surface area contributed by atoms with E-state index in [1.54, 1.807) is 12.4 Å². The smallest absolute Gasteiger partial charge is 0.223 e. The number of fused-ring (bicyclic) bond motifs is 1. The fourth-order valence-corrected chi connectivity index (χ4v) is 4.86. The van der Waals surface area contributed by atoms with Crippen LogP contribution in [-0.2, 0) is 4.74 Å². The van der Waals surface area contributed by atoms with Crippen LogP contribution in [0.2, 0.25) is 0 Å². The zero-order valence-electron chi connectivity index (χ0n) is 18.8. The summed E-state index contributed by atoms with van der Waals surface area (Å²) in [5, 5.41) is 3.55. The predicted molar refractivity (Wildman–Crippen MR) is 127 cm³/mol.